The topological polar surface area (TPSA) is 47.3 Å². The van der Waals surface area contributed by atoms with Gasteiger partial charge in [-0.1, -0.05) is 30.3 Å². The maximum atomic E-state index is 12.1. The zero-order valence-corrected chi connectivity index (χ0v) is 10.00. The second-order valence-corrected chi connectivity index (χ2v) is 4.16. The van der Waals surface area contributed by atoms with E-state index in [2.05, 4.69) is 0 Å². The van der Waals surface area contributed by atoms with Gasteiger partial charge in [-0.15, -0.1) is 0 Å². The summed E-state index contributed by atoms with van der Waals surface area (Å²) in [5.74, 6) is 0.238. The number of carbonyl (C=O) groups excluding carboxylic acids is 2. The number of carbonyl (C=O) groups is 2. The fourth-order valence-corrected chi connectivity index (χ4v) is 2.05. The summed E-state index contributed by atoms with van der Waals surface area (Å²) >= 11 is 0. The molecule has 1 aromatic heterocycles. The first-order valence-corrected chi connectivity index (χ1v) is 5.87. The van der Waals surface area contributed by atoms with Crippen LogP contribution in [0.4, 0.5) is 0 Å². The Morgan fingerprint density at radius 1 is 0.895 bits per heavy atom. The molecule has 2 aromatic rings. The van der Waals surface area contributed by atoms with Crippen molar-refractivity contribution < 1.29 is 14.0 Å². The van der Waals surface area contributed by atoms with Crippen LogP contribution in [0.5, 0.6) is 0 Å². The van der Waals surface area contributed by atoms with E-state index in [4.69, 9.17) is 4.42 Å². The number of furan rings is 1. The average Bonchev–Trinajstić information content (AvgIpc) is 3.02. The molecule has 0 radical (unpaired) electrons. The molecule has 1 heterocycles. The summed E-state index contributed by atoms with van der Waals surface area (Å²) in [5, 5.41) is 0. The molecule has 3 nitrogen and oxygen atoms in total. The Hall–Kier alpha value is -2.68. The summed E-state index contributed by atoms with van der Waals surface area (Å²) in [7, 11) is 0. The van der Waals surface area contributed by atoms with Crippen LogP contribution in [0.1, 0.15) is 26.5 Å². The van der Waals surface area contributed by atoms with E-state index >= 15 is 0 Å². The number of Topliss-reactive ketones (excluding diaryl/α,β-unsaturated/α-hetero) is 2. The van der Waals surface area contributed by atoms with E-state index < -0.39 is 0 Å². The van der Waals surface area contributed by atoms with Crippen molar-refractivity contribution in [1.82, 2.24) is 0 Å². The SMILES string of the molecule is O=C1C(=CC=Cc2ccco2)C(=O)c2ccccc21. The van der Waals surface area contributed by atoms with Crippen LogP contribution in [0.2, 0.25) is 0 Å². The molecule has 0 fully saturated rings. The van der Waals surface area contributed by atoms with Crippen LogP contribution < -0.4 is 0 Å². The molecule has 1 aliphatic carbocycles. The summed E-state index contributed by atoms with van der Waals surface area (Å²) in [6.45, 7) is 0. The fourth-order valence-electron chi connectivity index (χ4n) is 2.05. The number of hydrogen-bond acceptors (Lipinski definition) is 3. The van der Waals surface area contributed by atoms with Gasteiger partial charge in [0, 0.05) is 11.1 Å². The first kappa shape index (κ1) is 11.4. The Balaban J connectivity index is 1.92. The second-order valence-electron chi connectivity index (χ2n) is 4.16. The van der Waals surface area contributed by atoms with Crippen LogP contribution in [0.25, 0.3) is 6.08 Å². The minimum Gasteiger partial charge on any atom is -0.465 e. The molecule has 19 heavy (non-hydrogen) atoms. The second kappa shape index (κ2) is 4.53. The van der Waals surface area contributed by atoms with Gasteiger partial charge in [-0.05, 0) is 24.3 Å². The van der Waals surface area contributed by atoms with Crippen molar-refractivity contribution in [3.05, 3.63) is 77.3 Å². The third kappa shape index (κ3) is 1.95. The largest absolute Gasteiger partial charge is 0.465 e. The number of ketones is 2. The van der Waals surface area contributed by atoms with Gasteiger partial charge in [-0.2, -0.15) is 0 Å². The lowest BCUT2D eigenvalue weighted by atomic mass is 10.1. The van der Waals surface area contributed by atoms with Gasteiger partial charge in [0.25, 0.3) is 0 Å². The van der Waals surface area contributed by atoms with Crippen molar-refractivity contribution >= 4 is 17.6 Å². The van der Waals surface area contributed by atoms with Gasteiger partial charge >= 0.3 is 0 Å². The van der Waals surface area contributed by atoms with E-state index in [9.17, 15) is 9.59 Å². The van der Waals surface area contributed by atoms with Gasteiger partial charge in [-0.25, -0.2) is 0 Å². The van der Waals surface area contributed by atoms with E-state index in [1.165, 1.54) is 6.08 Å². The van der Waals surface area contributed by atoms with Crippen LogP contribution >= 0.6 is 0 Å². The molecule has 0 N–H and O–H groups in total. The summed E-state index contributed by atoms with van der Waals surface area (Å²) in [4.78, 5) is 24.1. The third-order valence-electron chi connectivity index (χ3n) is 2.97. The minimum atomic E-state index is -0.218. The lowest BCUT2D eigenvalue weighted by Gasteiger charge is -1.90. The zero-order chi connectivity index (χ0) is 13.2. The van der Waals surface area contributed by atoms with Crippen LogP contribution in [-0.2, 0) is 0 Å². The van der Waals surface area contributed by atoms with Crippen LogP contribution in [0.3, 0.4) is 0 Å². The molecule has 3 rings (SSSR count). The van der Waals surface area contributed by atoms with Crippen LogP contribution in [-0.4, -0.2) is 11.6 Å². The predicted octanol–water partition coefficient (Wildman–Crippen LogP) is 3.30. The molecule has 3 heteroatoms. The lowest BCUT2D eigenvalue weighted by molar-refractivity contribution is 0.0989. The van der Waals surface area contributed by atoms with Crippen molar-refractivity contribution in [2.75, 3.05) is 0 Å². The molecule has 0 saturated carbocycles. The first-order chi connectivity index (χ1) is 9.27. The van der Waals surface area contributed by atoms with E-state index in [1.54, 1.807) is 54.8 Å². The summed E-state index contributed by atoms with van der Waals surface area (Å²) < 4.78 is 5.13. The molecule has 0 amide bonds. The van der Waals surface area contributed by atoms with E-state index in [0.29, 0.717) is 16.9 Å². The standard InChI is InChI=1S/C16H10O3/c17-15-12-7-1-2-8-13(12)16(18)14(15)9-3-5-11-6-4-10-19-11/h1-10H. The van der Waals surface area contributed by atoms with Crippen molar-refractivity contribution in [2.45, 2.75) is 0 Å². The Labute approximate surface area is 109 Å². The minimum absolute atomic E-state index is 0.198. The molecule has 92 valence electrons. The van der Waals surface area contributed by atoms with Gasteiger partial charge < -0.3 is 4.42 Å². The third-order valence-corrected chi connectivity index (χ3v) is 2.97. The van der Waals surface area contributed by atoms with Crippen LogP contribution in [0, 0.1) is 0 Å². The quantitative estimate of drug-likeness (QED) is 0.607. The smallest absolute Gasteiger partial charge is 0.197 e. The van der Waals surface area contributed by atoms with Gasteiger partial charge in [0.15, 0.2) is 11.6 Å². The number of allylic oxidation sites excluding steroid dienone is 3. The lowest BCUT2D eigenvalue weighted by Crippen LogP contribution is -1.99. The molecule has 0 atom stereocenters. The zero-order valence-electron chi connectivity index (χ0n) is 10.00. The predicted molar refractivity (Wildman–Crippen MR) is 70.9 cm³/mol. The molecule has 0 spiro atoms. The number of rotatable bonds is 2. The summed E-state index contributed by atoms with van der Waals surface area (Å²) in [6, 6.07) is 10.4. The van der Waals surface area contributed by atoms with Gasteiger partial charge in [-0.3, -0.25) is 9.59 Å². The van der Waals surface area contributed by atoms with Crippen molar-refractivity contribution in [2.24, 2.45) is 0 Å². The van der Waals surface area contributed by atoms with Crippen molar-refractivity contribution in [1.29, 1.82) is 0 Å². The summed E-state index contributed by atoms with van der Waals surface area (Å²) in [6.07, 6.45) is 6.45. The van der Waals surface area contributed by atoms with E-state index in [0.717, 1.165) is 0 Å². The highest BCUT2D eigenvalue weighted by molar-refractivity contribution is 6.39. The maximum Gasteiger partial charge on any atom is 0.197 e. The first-order valence-electron chi connectivity index (χ1n) is 5.87. The highest BCUT2D eigenvalue weighted by atomic mass is 16.3. The molecular formula is C16H10O3. The van der Waals surface area contributed by atoms with Crippen molar-refractivity contribution in [3.8, 4) is 0 Å². The fraction of sp³-hybridized carbons (Fsp3) is 0. The van der Waals surface area contributed by atoms with E-state index in [-0.39, 0.29) is 17.1 Å². The summed E-state index contributed by atoms with van der Waals surface area (Å²) in [5.41, 5.74) is 1.15. The van der Waals surface area contributed by atoms with Crippen LogP contribution in [0.15, 0.2) is 64.8 Å². The van der Waals surface area contributed by atoms with Gasteiger partial charge in [0.1, 0.15) is 5.76 Å². The monoisotopic (exact) mass is 250 g/mol. The number of benzene rings is 1. The molecule has 0 unspecified atom stereocenters. The Kier molecular flexibility index (Phi) is 2.72. The maximum absolute atomic E-state index is 12.1. The molecule has 1 aliphatic rings. The number of fused-ring (bicyclic) bond motifs is 1. The number of hydrogen-bond donors (Lipinski definition) is 0. The van der Waals surface area contributed by atoms with Gasteiger partial charge in [0.2, 0.25) is 0 Å². The molecular weight excluding hydrogens is 240 g/mol. The van der Waals surface area contributed by atoms with Gasteiger partial charge in [0.05, 0.1) is 11.8 Å². The Morgan fingerprint density at radius 2 is 1.58 bits per heavy atom. The Morgan fingerprint density at radius 3 is 2.16 bits per heavy atom. The normalized spacial score (nSPS) is 14.2. The highest BCUT2D eigenvalue weighted by Gasteiger charge is 2.31. The highest BCUT2D eigenvalue weighted by Crippen LogP contribution is 2.26. The Bertz CT molecular complexity index is 666. The molecule has 1 aromatic carbocycles. The molecule has 0 saturated heterocycles. The molecule has 0 aliphatic heterocycles. The average molecular weight is 250 g/mol. The van der Waals surface area contributed by atoms with Crippen molar-refractivity contribution in [3.63, 3.8) is 0 Å². The van der Waals surface area contributed by atoms with E-state index in [1.807, 2.05) is 0 Å². The molecule has 0 bridgehead atoms.